The van der Waals surface area contributed by atoms with Crippen molar-refractivity contribution < 1.29 is 23.9 Å². The van der Waals surface area contributed by atoms with Crippen LogP contribution in [0.1, 0.15) is 47.7 Å². The average Bonchev–Trinajstić information content (AvgIpc) is 2.81. The number of hydrogen-bond acceptors (Lipinski definition) is 5. The fourth-order valence-corrected chi connectivity index (χ4v) is 4.25. The maximum Gasteiger partial charge on any atom is 0.336 e. The Balaban J connectivity index is 1.91. The molecule has 0 saturated heterocycles. The lowest BCUT2D eigenvalue weighted by Crippen LogP contribution is -2.38. The van der Waals surface area contributed by atoms with Crippen LogP contribution in [0.3, 0.4) is 0 Å². The molecule has 2 aromatic rings. The van der Waals surface area contributed by atoms with E-state index in [2.05, 4.69) is 5.32 Å². The van der Waals surface area contributed by atoms with Crippen LogP contribution >= 0.6 is 11.6 Å². The van der Waals surface area contributed by atoms with Gasteiger partial charge in [0.25, 0.3) is 5.91 Å². The number of hydrogen-bond donors (Lipinski definition) is 1. The number of amides is 2. The van der Waals surface area contributed by atoms with Crippen LogP contribution in [0.25, 0.3) is 0 Å². The summed E-state index contributed by atoms with van der Waals surface area (Å²) in [6.45, 7) is 4.78. The molecule has 0 saturated carbocycles. The fourth-order valence-electron chi connectivity index (χ4n) is 4.05. The number of nitrogens with zero attached hydrogens (tertiary/aromatic N) is 1. The first-order valence-corrected chi connectivity index (χ1v) is 11.5. The van der Waals surface area contributed by atoms with Crippen molar-refractivity contribution in [3.05, 3.63) is 81.5 Å². The summed E-state index contributed by atoms with van der Waals surface area (Å²) in [5.74, 6) is -1.23. The molecule has 34 heavy (non-hydrogen) atoms. The largest absolute Gasteiger partial charge is 0.463 e. The molecule has 8 heteroatoms. The Morgan fingerprint density at radius 1 is 1.18 bits per heavy atom. The third-order valence-electron chi connectivity index (χ3n) is 5.69. The number of benzene rings is 2. The molecule has 1 atom stereocenters. The number of allylic oxidation sites excluding steroid dienone is 1. The smallest absolute Gasteiger partial charge is 0.336 e. The molecule has 0 spiro atoms. The Morgan fingerprint density at radius 3 is 2.65 bits per heavy atom. The van der Waals surface area contributed by atoms with Crippen LogP contribution in [-0.2, 0) is 25.6 Å². The van der Waals surface area contributed by atoms with Crippen LogP contribution < -0.4 is 5.32 Å². The molecule has 180 valence electrons. The first-order chi connectivity index (χ1) is 16.3. The van der Waals surface area contributed by atoms with Crippen molar-refractivity contribution in [1.82, 2.24) is 10.2 Å². The van der Waals surface area contributed by atoms with E-state index in [9.17, 15) is 14.4 Å². The van der Waals surface area contributed by atoms with E-state index in [0.29, 0.717) is 35.0 Å². The van der Waals surface area contributed by atoms with Crippen molar-refractivity contribution in [3.8, 4) is 0 Å². The van der Waals surface area contributed by atoms with E-state index < -0.39 is 11.9 Å². The Bertz CT molecular complexity index is 1100. The van der Waals surface area contributed by atoms with Gasteiger partial charge in [-0.3, -0.25) is 9.59 Å². The molecule has 1 unspecified atom stereocenters. The minimum atomic E-state index is -0.450. The number of ether oxygens (including phenoxy) is 2. The molecule has 1 heterocycles. The van der Waals surface area contributed by atoms with Crippen molar-refractivity contribution in [1.29, 1.82) is 0 Å². The van der Waals surface area contributed by atoms with E-state index >= 15 is 0 Å². The van der Waals surface area contributed by atoms with Gasteiger partial charge in [0.15, 0.2) is 0 Å². The molecule has 1 N–H and O–H groups in total. The van der Waals surface area contributed by atoms with Gasteiger partial charge in [-0.2, -0.15) is 0 Å². The van der Waals surface area contributed by atoms with Crippen LogP contribution in [0, 0.1) is 0 Å². The summed E-state index contributed by atoms with van der Waals surface area (Å²) >= 11 is 6.17. The van der Waals surface area contributed by atoms with Gasteiger partial charge in [-0.25, -0.2) is 4.79 Å². The highest BCUT2D eigenvalue weighted by atomic mass is 35.5. The number of rotatable bonds is 9. The van der Waals surface area contributed by atoms with E-state index in [1.807, 2.05) is 12.1 Å². The highest BCUT2D eigenvalue weighted by molar-refractivity contribution is 6.30. The number of esters is 1. The Labute approximate surface area is 204 Å². The zero-order chi connectivity index (χ0) is 24.7. The molecular weight excluding hydrogens is 456 g/mol. The van der Waals surface area contributed by atoms with Crippen LogP contribution in [-0.4, -0.2) is 49.6 Å². The van der Waals surface area contributed by atoms with Gasteiger partial charge in [0.05, 0.1) is 25.3 Å². The summed E-state index contributed by atoms with van der Waals surface area (Å²) in [6.07, 6.45) is 0.114. The normalized spacial score (nSPS) is 15.9. The molecule has 1 aliphatic rings. The minimum Gasteiger partial charge on any atom is -0.463 e. The average molecular weight is 485 g/mol. The van der Waals surface area contributed by atoms with Crippen LogP contribution in [0.15, 0.2) is 59.8 Å². The summed E-state index contributed by atoms with van der Waals surface area (Å²) < 4.78 is 10.3. The van der Waals surface area contributed by atoms with Crippen molar-refractivity contribution in [2.24, 2.45) is 0 Å². The predicted octanol–water partition coefficient (Wildman–Crippen LogP) is 4.07. The maximum absolute atomic E-state index is 13.2. The Hall–Kier alpha value is -3.16. The van der Waals surface area contributed by atoms with E-state index in [4.69, 9.17) is 21.1 Å². The van der Waals surface area contributed by atoms with E-state index in [-0.39, 0.29) is 31.4 Å². The lowest BCUT2D eigenvalue weighted by atomic mass is 9.83. The highest BCUT2D eigenvalue weighted by Gasteiger charge is 2.37. The molecule has 3 rings (SSSR count). The van der Waals surface area contributed by atoms with Gasteiger partial charge >= 0.3 is 5.97 Å². The first kappa shape index (κ1) is 25.5. The molecular formula is C26H29ClN2O5. The lowest BCUT2D eigenvalue weighted by molar-refractivity contribution is -0.140. The summed E-state index contributed by atoms with van der Waals surface area (Å²) in [4.78, 5) is 40.1. The van der Waals surface area contributed by atoms with Crippen LogP contribution in [0.5, 0.6) is 0 Å². The third kappa shape index (κ3) is 6.04. The predicted molar refractivity (Wildman–Crippen MR) is 129 cm³/mol. The second-order valence-electron chi connectivity index (χ2n) is 7.96. The molecule has 0 radical (unpaired) electrons. The zero-order valence-electron chi connectivity index (χ0n) is 19.6. The van der Waals surface area contributed by atoms with Gasteiger partial charge in [0, 0.05) is 42.3 Å². The second-order valence-corrected chi connectivity index (χ2v) is 8.40. The number of halogens is 1. The van der Waals surface area contributed by atoms with Crippen molar-refractivity contribution in [2.45, 2.75) is 32.7 Å². The van der Waals surface area contributed by atoms with Crippen LogP contribution in [0.4, 0.5) is 0 Å². The quantitative estimate of drug-likeness (QED) is 0.428. The van der Waals surface area contributed by atoms with E-state index in [0.717, 1.165) is 11.1 Å². The molecule has 0 fully saturated rings. The van der Waals surface area contributed by atoms with Crippen LogP contribution in [0.2, 0.25) is 5.02 Å². The SMILES string of the molecule is CCOC(=O)C1=C(C)N(Cc2cccc(C(=O)NCCOC)c2)C(=O)CC1c1cccc(Cl)c1. The topological polar surface area (TPSA) is 84.9 Å². The fraction of sp³-hybridized carbons (Fsp3) is 0.346. The molecule has 7 nitrogen and oxygen atoms in total. The van der Waals surface area contributed by atoms with Crippen molar-refractivity contribution in [2.75, 3.05) is 26.9 Å². The number of carbonyl (C=O) groups excluding carboxylic acids is 3. The van der Waals surface area contributed by atoms with Gasteiger partial charge in [-0.05, 0) is 49.2 Å². The van der Waals surface area contributed by atoms with Gasteiger partial charge in [-0.15, -0.1) is 0 Å². The summed E-state index contributed by atoms with van der Waals surface area (Å²) in [7, 11) is 1.57. The van der Waals surface area contributed by atoms with Gasteiger partial charge < -0.3 is 19.7 Å². The minimum absolute atomic E-state index is 0.114. The summed E-state index contributed by atoms with van der Waals surface area (Å²) in [6, 6.07) is 14.3. The molecule has 2 aromatic carbocycles. The van der Waals surface area contributed by atoms with Gasteiger partial charge in [0.1, 0.15) is 0 Å². The molecule has 0 bridgehead atoms. The summed E-state index contributed by atoms with van der Waals surface area (Å²) in [5, 5.41) is 3.32. The Morgan fingerprint density at radius 2 is 1.94 bits per heavy atom. The second kappa shape index (κ2) is 11.8. The Kier molecular flexibility index (Phi) is 8.85. The van der Waals surface area contributed by atoms with Crippen molar-refractivity contribution >= 4 is 29.4 Å². The number of nitrogens with one attached hydrogen (secondary N) is 1. The highest BCUT2D eigenvalue weighted by Crippen LogP contribution is 2.38. The van der Waals surface area contributed by atoms with E-state index in [1.165, 1.54) is 0 Å². The molecule has 1 aliphatic heterocycles. The molecule has 2 amide bonds. The van der Waals surface area contributed by atoms with Crippen molar-refractivity contribution in [3.63, 3.8) is 0 Å². The summed E-state index contributed by atoms with van der Waals surface area (Å²) in [5.41, 5.74) is 3.03. The number of methoxy groups -OCH3 is 1. The number of carbonyl (C=O) groups is 3. The zero-order valence-corrected chi connectivity index (χ0v) is 20.4. The standard InChI is InChI=1S/C26H29ClN2O5/c1-4-34-26(32)24-17(2)29(23(30)15-22(24)19-8-6-10-21(27)14-19)16-18-7-5-9-20(13-18)25(31)28-11-12-33-3/h5-10,13-14,22H,4,11-12,15-16H2,1-3H3,(H,28,31). The van der Waals surface area contributed by atoms with Gasteiger partial charge in [0.2, 0.25) is 5.91 Å². The molecule has 0 aliphatic carbocycles. The van der Waals surface area contributed by atoms with E-state index in [1.54, 1.807) is 62.3 Å². The maximum atomic E-state index is 13.2. The monoisotopic (exact) mass is 484 g/mol. The third-order valence-corrected chi connectivity index (χ3v) is 5.93. The molecule has 0 aromatic heterocycles. The first-order valence-electron chi connectivity index (χ1n) is 11.2. The lowest BCUT2D eigenvalue weighted by Gasteiger charge is -2.34. The van der Waals surface area contributed by atoms with Gasteiger partial charge in [-0.1, -0.05) is 35.9 Å².